The maximum absolute atomic E-state index is 12.8. The second kappa shape index (κ2) is 11.0. The zero-order valence-corrected chi connectivity index (χ0v) is 21.0. The molecule has 1 amide bonds. The van der Waals surface area contributed by atoms with Gasteiger partial charge in [0.2, 0.25) is 5.91 Å². The number of fused-ring (bicyclic) bond motifs is 2. The SMILES string of the molecule is Cn1ncc2c1C[C@@H](C(=O)NC(CCO[C@H]1C[C@H](CCc3ccc4c(n3)NCCC4)C1)C(=O)O)CC2. The van der Waals surface area contributed by atoms with Crippen LogP contribution in [0.3, 0.4) is 0 Å². The number of aryl methyl sites for hydroxylation is 4. The van der Waals surface area contributed by atoms with Crippen LogP contribution >= 0.6 is 0 Å². The first-order valence-electron chi connectivity index (χ1n) is 13.3. The number of carbonyl (C=O) groups excluding carboxylic acids is 1. The molecule has 1 fully saturated rings. The minimum absolute atomic E-state index is 0.180. The number of amides is 1. The Hall–Kier alpha value is -2.94. The van der Waals surface area contributed by atoms with Crippen LogP contribution in [-0.4, -0.2) is 57.0 Å². The van der Waals surface area contributed by atoms with Gasteiger partial charge in [0, 0.05) is 50.3 Å². The number of carboxylic acids is 1. The molecule has 0 saturated heterocycles. The van der Waals surface area contributed by atoms with Gasteiger partial charge in [0.05, 0.1) is 12.3 Å². The summed E-state index contributed by atoms with van der Waals surface area (Å²) in [6.45, 7) is 1.34. The highest BCUT2D eigenvalue weighted by Gasteiger charge is 2.32. The minimum atomic E-state index is -1.01. The third kappa shape index (κ3) is 5.72. The Balaban J connectivity index is 1.00. The Morgan fingerprint density at radius 2 is 2.14 bits per heavy atom. The monoisotopic (exact) mass is 495 g/mol. The molecule has 9 nitrogen and oxygen atoms in total. The van der Waals surface area contributed by atoms with Gasteiger partial charge in [-0.05, 0) is 74.5 Å². The molecule has 9 heteroatoms. The summed E-state index contributed by atoms with van der Waals surface area (Å²) >= 11 is 0. The van der Waals surface area contributed by atoms with Crippen molar-refractivity contribution in [1.82, 2.24) is 20.1 Å². The smallest absolute Gasteiger partial charge is 0.326 e. The van der Waals surface area contributed by atoms with Crippen molar-refractivity contribution in [2.45, 2.75) is 76.4 Å². The van der Waals surface area contributed by atoms with Crippen molar-refractivity contribution < 1.29 is 19.4 Å². The van der Waals surface area contributed by atoms with Crippen molar-refractivity contribution in [1.29, 1.82) is 0 Å². The first-order chi connectivity index (χ1) is 17.5. The molecular weight excluding hydrogens is 458 g/mol. The maximum atomic E-state index is 12.8. The zero-order chi connectivity index (χ0) is 25.1. The fraction of sp³-hybridized carbons (Fsp3) is 0.630. The third-order valence-electron chi connectivity index (χ3n) is 8.05. The van der Waals surface area contributed by atoms with Gasteiger partial charge in [-0.15, -0.1) is 0 Å². The molecule has 5 rings (SSSR count). The van der Waals surface area contributed by atoms with Crippen LogP contribution in [0.2, 0.25) is 0 Å². The fourth-order valence-corrected chi connectivity index (χ4v) is 5.68. The zero-order valence-electron chi connectivity index (χ0n) is 21.0. The van der Waals surface area contributed by atoms with E-state index in [1.165, 1.54) is 17.5 Å². The number of nitrogens with zero attached hydrogens (tertiary/aromatic N) is 3. The fourth-order valence-electron chi connectivity index (χ4n) is 5.68. The van der Waals surface area contributed by atoms with E-state index in [-0.39, 0.29) is 24.3 Å². The molecule has 2 atom stereocenters. The van der Waals surface area contributed by atoms with E-state index in [0.29, 0.717) is 25.4 Å². The largest absolute Gasteiger partial charge is 0.480 e. The Morgan fingerprint density at radius 3 is 2.97 bits per heavy atom. The number of hydrogen-bond acceptors (Lipinski definition) is 6. The van der Waals surface area contributed by atoms with Crippen LogP contribution in [0.1, 0.15) is 61.0 Å². The van der Waals surface area contributed by atoms with Crippen LogP contribution in [0.25, 0.3) is 0 Å². The van der Waals surface area contributed by atoms with Crippen molar-refractivity contribution in [3.8, 4) is 0 Å². The summed E-state index contributed by atoms with van der Waals surface area (Å²) in [5, 5.41) is 20.0. The van der Waals surface area contributed by atoms with Gasteiger partial charge in [-0.1, -0.05) is 6.07 Å². The topological polar surface area (TPSA) is 118 Å². The summed E-state index contributed by atoms with van der Waals surface area (Å²) < 4.78 is 7.75. The van der Waals surface area contributed by atoms with Gasteiger partial charge in [-0.2, -0.15) is 5.10 Å². The summed E-state index contributed by atoms with van der Waals surface area (Å²) in [4.78, 5) is 29.3. The number of ether oxygens (including phenoxy) is 1. The van der Waals surface area contributed by atoms with Gasteiger partial charge in [-0.25, -0.2) is 9.78 Å². The summed E-state index contributed by atoms with van der Waals surface area (Å²) in [6, 6.07) is 3.44. The lowest BCUT2D eigenvalue weighted by Gasteiger charge is -2.35. The molecule has 1 unspecified atom stereocenters. The molecule has 3 aliphatic rings. The van der Waals surface area contributed by atoms with Gasteiger partial charge < -0.3 is 20.5 Å². The number of carboxylic acid groups (broad SMARTS) is 1. The number of nitrogens with one attached hydrogen (secondary N) is 2. The van der Waals surface area contributed by atoms with E-state index in [9.17, 15) is 14.7 Å². The maximum Gasteiger partial charge on any atom is 0.326 e. The van der Waals surface area contributed by atoms with Crippen molar-refractivity contribution in [2.75, 3.05) is 18.5 Å². The van der Waals surface area contributed by atoms with E-state index in [1.807, 2.05) is 17.9 Å². The van der Waals surface area contributed by atoms with Crippen molar-refractivity contribution in [3.05, 3.63) is 40.8 Å². The van der Waals surface area contributed by atoms with E-state index >= 15 is 0 Å². The number of hydrogen-bond donors (Lipinski definition) is 3. The van der Waals surface area contributed by atoms with E-state index < -0.39 is 12.0 Å². The highest BCUT2D eigenvalue weighted by molar-refractivity contribution is 5.85. The number of rotatable bonds is 10. The first-order valence-corrected chi connectivity index (χ1v) is 13.3. The molecule has 0 spiro atoms. The lowest BCUT2D eigenvalue weighted by molar-refractivity contribution is -0.143. The Labute approximate surface area is 212 Å². The summed E-state index contributed by atoms with van der Waals surface area (Å²) in [6.07, 6.45) is 10.8. The number of aliphatic carboxylic acids is 1. The summed E-state index contributed by atoms with van der Waals surface area (Å²) in [5.74, 6) is 0.257. The van der Waals surface area contributed by atoms with Gasteiger partial charge >= 0.3 is 5.97 Å². The predicted octanol–water partition coefficient (Wildman–Crippen LogP) is 2.67. The lowest BCUT2D eigenvalue weighted by atomic mass is 9.79. The second-order valence-corrected chi connectivity index (χ2v) is 10.6. The van der Waals surface area contributed by atoms with Crippen LogP contribution in [0.5, 0.6) is 0 Å². The van der Waals surface area contributed by atoms with E-state index in [0.717, 1.165) is 62.3 Å². The molecule has 2 aliphatic carbocycles. The van der Waals surface area contributed by atoms with Gasteiger partial charge in [0.25, 0.3) is 0 Å². The molecule has 0 aromatic carbocycles. The van der Waals surface area contributed by atoms with Crippen LogP contribution in [0.15, 0.2) is 18.3 Å². The number of pyridine rings is 1. The average Bonchev–Trinajstić information content (AvgIpc) is 3.23. The Kier molecular flexibility index (Phi) is 7.55. The molecule has 1 saturated carbocycles. The van der Waals surface area contributed by atoms with Crippen LogP contribution in [0, 0.1) is 11.8 Å². The molecule has 2 aromatic heterocycles. The first kappa shape index (κ1) is 24.7. The Bertz CT molecular complexity index is 1090. The number of anilines is 1. The third-order valence-corrected chi connectivity index (χ3v) is 8.05. The minimum Gasteiger partial charge on any atom is -0.480 e. The molecule has 3 N–H and O–H groups in total. The van der Waals surface area contributed by atoms with E-state index in [1.54, 1.807) is 0 Å². The van der Waals surface area contributed by atoms with E-state index in [2.05, 4.69) is 27.9 Å². The molecule has 1 aliphatic heterocycles. The summed E-state index contributed by atoms with van der Waals surface area (Å²) in [7, 11) is 1.88. The average molecular weight is 496 g/mol. The van der Waals surface area contributed by atoms with Crippen LogP contribution in [-0.2, 0) is 47.1 Å². The summed E-state index contributed by atoms with van der Waals surface area (Å²) in [5.41, 5.74) is 4.71. The van der Waals surface area contributed by atoms with Crippen LogP contribution in [0.4, 0.5) is 5.82 Å². The van der Waals surface area contributed by atoms with Crippen molar-refractivity contribution >= 4 is 17.7 Å². The van der Waals surface area contributed by atoms with Crippen molar-refractivity contribution in [2.24, 2.45) is 18.9 Å². The lowest BCUT2D eigenvalue weighted by Crippen LogP contribution is -2.45. The molecule has 0 radical (unpaired) electrons. The highest BCUT2D eigenvalue weighted by Crippen LogP contribution is 2.34. The second-order valence-electron chi connectivity index (χ2n) is 10.6. The standard InChI is InChI=1S/C27H37N5O4/c1-32-24-15-19(5-6-20(24)16-29-32)26(33)31-23(27(34)35)10-12-36-22-13-17(14-22)4-8-21-9-7-18-3-2-11-28-25(18)30-21/h7,9,16-17,19,22-23H,2-6,8,10-15H2,1H3,(H,28,30)(H,31,33)(H,34,35)/t17-,19-,22-,23?/m0/s1. The molecule has 3 heterocycles. The van der Waals surface area contributed by atoms with Gasteiger partial charge in [0.15, 0.2) is 0 Å². The van der Waals surface area contributed by atoms with Crippen molar-refractivity contribution in [3.63, 3.8) is 0 Å². The highest BCUT2D eigenvalue weighted by atomic mass is 16.5. The van der Waals surface area contributed by atoms with Gasteiger partial charge in [-0.3, -0.25) is 9.48 Å². The molecular formula is C27H37N5O4. The Morgan fingerprint density at radius 1 is 1.28 bits per heavy atom. The molecule has 0 bridgehead atoms. The van der Waals surface area contributed by atoms with Crippen LogP contribution < -0.4 is 10.6 Å². The molecule has 36 heavy (non-hydrogen) atoms. The van der Waals surface area contributed by atoms with Gasteiger partial charge in [0.1, 0.15) is 11.9 Å². The number of carbonyl (C=O) groups is 2. The molecule has 2 aromatic rings. The van der Waals surface area contributed by atoms with E-state index in [4.69, 9.17) is 9.72 Å². The quantitative estimate of drug-likeness (QED) is 0.464. The normalized spacial score (nSPS) is 23.5. The predicted molar refractivity (Wildman–Crippen MR) is 135 cm³/mol. The number of aromatic nitrogens is 3. The molecule has 194 valence electrons.